The van der Waals surface area contributed by atoms with Gasteiger partial charge in [0.15, 0.2) is 0 Å². The predicted molar refractivity (Wildman–Crippen MR) is 83.0 cm³/mol. The Morgan fingerprint density at radius 2 is 1.76 bits per heavy atom. The maximum atomic E-state index is 12.8. The highest BCUT2D eigenvalue weighted by molar-refractivity contribution is 5.87. The van der Waals surface area contributed by atoms with Crippen molar-refractivity contribution in [1.29, 1.82) is 0 Å². The van der Waals surface area contributed by atoms with Crippen molar-refractivity contribution in [2.45, 2.75) is 79.0 Å². The number of nitrogens with zero attached hydrogens (tertiary/aromatic N) is 1. The fraction of sp³-hybridized carbons (Fsp3) is 0.875. The number of nitrogens with one attached hydrogen (secondary N) is 1. The molecule has 1 saturated heterocycles. The van der Waals surface area contributed by atoms with Crippen molar-refractivity contribution < 1.29 is 14.3 Å². The van der Waals surface area contributed by atoms with Crippen molar-refractivity contribution >= 4 is 12.0 Å². The van der Waals surface area contributed by atoms with Crippen LogP contribution in [0.3, 0.4) is 0 Å². The molecule has 0 radical (unpaired) electrons. The highest BCUT2D eigenvalue weighted by Crippen LogP contribution is 2.25. The Balaban J connectivity index is 2.82. The Morgan fingerprint density at radius 1 is 1.19 bits per heavy atom. The van der Waals surface area contributed by atoms with E-state index in [9.17, 15) is 9.59 Å². The molecule has 0 saturated carbocycles. The number of rotatable bonds is 2. The molecule has 5 heteroatoms. The van der Waals surface area contributed by atoms with Crippen LogP contribution in [0.25, 0.3) is 0 Å². The van der Waals surface area contributed by atoms with Gasteiger partial charge in [-0.1, -0.05) is 20.8 Å². The summed E-state index contributed by atoms with van der Waals surface area (Å²) in [4.78, 5) is 26.6. The minimum atomic E-state index is -0.576. The fourth-order valence-electron chi connectivity index (χ4n) is 2.50. The van der Waals surface area contributed by atoms with Crippen molar-refractivity contribution in [3.05, 3.63) is 0 Å². The molecule has 0 aromatic carbocycles. The molecular weight excluding hydrogens is 268 g/mol. The van der Waals surface area contributed by atoms with E-state index in [-0.39, 0.29) is 17.4 Å². The van der Waals surface area contributed by atoms with Crippen molar-refractivity contribution in [3.63, 3.8) is 0 Å². The third-order valence-corrected chi connectivity index (χ3v) is 3.61. The second-order valence-electron chi connectivity index (χ2n) is 7.97. The molecule has 1 N–H and O–H groups in total. The van der Waals surface area contributed by atoms with E-state index in [0.29, 0.717) is 0 Å². The Morgan fingerprint density at radius 3 is 2.14 bits per heavy atom. The number of amides is 2. The zero-order valence-electron chi connectivity index (χ0n) is 14.4. The van der Waals surface area contributed by atoms with Crippen molar-refractivity contribution in [3.8, 4) is 0 Å². The summed E-state index contributed by atoms with van der Waals surface area (Å²) in [6.07, 6.45) is 1.51. The van der Waals surface area contributed by atoms with E-state index < -0.39 is 17.7 Å². The molecule has 0 aromatic rings. The third kappa shape index (κ3) is 5.21. The van der Waals surface area contributed by atoms with Crippen molar-refractivity contribution in [2.24, 2.45) is 5.41 Å². The number of carbonyl (C=O) groups is 2. The molecule has 0 aliphatic carbocycles. The zero-order valence-corrected chi connectivity index (χ0v) is 14.4. The molecule has 1 aliphatic heterocycles. The van der Waals surface area contributed by atoms with Gasteiger partial charge in [-0.15, -0.1) is 0 Å². The number of ether oxygens (including phenoxy) is 1. The summed E-state index contributed by atoms with van der Waals surface area (Å²) in [7, 11) is 0. The largest absolute Gasteiger partial charge is 0.444 e. The van der Waals surface area contributed by atoms with Crippen LogP contribution in [-0.4, -0.2) is 41.1 Å². The minimum absolute atomic E-state index is 0.0154. The number of hydrogen-bond acceptors (Lipinski definition) is 3. The van der Waals surface area contributed by atoms with Crippen LogP contribution >= 0.6 is 0 Å². The molecule has 1 heterocycles. The van der Waals surface area contributed by atoms with Gasteiger partial charge >= 0.3 is 6.09 Å². The van der Waals surface area contributed by atoms with Crippen LogP contribution in [0.2, 0.25) is 0 Å². The molecule has 2 amide bonds. The molecule has 0 aromatic heterocycles. The summed E-state index contributed by atoms with van der Waals surface area (Å²) in [5.74, 6) is -0.0154. The molecule has 2 unspecified atom stereocenters. The smallest absolute Gasteiger partial charge is 0.408 e. The second-order valence-corrected chi connectivity index (χ2v) is 7.97. The van der Waals surface area contributed by atoms with E-state index in [1.807, 2.05) is 46.4 Å². The fourth-order valence-corrected chi connectivity index (χ4v) is 2.50. The first kappa shape index (κ1) is 17.8. The molecule has 0 bridgehead atoms. The number of alkyl carbamates (subject to hydrolysis) is 1. The summed E-state index contributed by atoms with van der Waals surface area (Å²) < 4.78 is 5.28. The summed E-state index contributed by atoms with van der Waals surface area (Å²) in [6, 6.07) is -0.337. The lowest BCUT2D eigenvalue weighted by Crippen LogP contribution is -2.56. The monoisotopic (exact) mass is 298 g/mol. The highest BCUT2D eigenvalue weighted by Gasteiger charge is 2.39. The lowest BCUT2D eigenvalue weighted by atomic mass is 9.85. The highest BCUT2D eigenvalue weighted by atomic mass is 16.6. The second kappa shape index (κ2) is 6.24. The van der Waals surface area contributed by atoms with Crippen LogP contribution in [-0.2, 0) is 9.53 Å². The Hall–Kier alpha value is -1.26. The van der Waals surface area contributed by atoms with Crippen molar-refractivity contribution in [1.82, 2.24) is 10.2 Å². The van der Waals surface area contributed by atoms with Crippen LogP contribution < -0.4 is 5.32 Å². The van der Waals surface area contributed by atoms with Crippen LogP contribution in [0, 0.1) is 5.41 Å². The van der Waals surface area contributed by atoms with Gasteiger partial charge in [0.2, 0.25) is 5.91 Å². The maximum absolute atomic E-state index is 12.8. The van der Waals surface area contributed by atoms with Gasteiger partial charge in [-0.25, -0.2) is 4.79 Å². The van der Waals surface area contributed by atoms with E-state index in [1.54, 1.807) is 0 Å². The van der Waals surface area contributed by atoms with E-state index in [0.717, 1.165) is 19.4 Å². The van der Waals surface area contributed by atoms with E-state index in [4.69, 9.17) is 4.74 Å². The molecule has 5 nitrogen and oxygen atoms in total. The van der Waals surface area contributed by atoms with Gasteiger partial charge in [0.1, 0.15) is 11.6 Å². The normalized spacial score (nSPS) is 21.1. The maximum Gasteiger partial charge on any atom is 0.408 e. The first-order chi connectivity index (χ1) is 9.42. The van der Waals surface area contributed by atoms with Gasteiger partial charge in [-0.3, -0.25) is 4.79 Å². The lowest BCUT2D eigenvalue weighted by Gasteiger charge is -2.35. The average Bonchev–Trinajstić information content (AvgIpc) is 2.67. The first-order valence-electron chi connectivity index (χ1n) is 7.72. The van der Waals surface area contributed by atoms with Gasteiger partial charge < -0.3 is 15.0 Å². The minimum Gasteiger partial charge on any atom is -0.444 e. The quantitative estimate of drug-likeness (QED) is 0.852. The summed E-state index contributed by atoms with van der Waals surface area (Å²) in [6.45, 7) is 14.1. The van der Waals surface area contributed by atoms with Crippen LogP contribution in [0.1, 0.15) is 61.3 Å². The topological polar surface area (TPSA) is 58.6 Å². The molecule has 21 heavy (non-hydrogen) atoms. The molecule has 1 fully saturated rings. The number of carbonyl (C=O) groups excluding carboxylic acids is 2. The summed E-state index contributed by atoms with van der Waals surface area (Å²) in [5, 5.41) is 2.76. The average molecular weight is 298 g/mol. The first-order valence-corrected chi connectivity index (χ1v) is 7.72. The van der Waals surface area contributed by atoms with Gasteiger partial charge in [0.05, 0.1) is 0 Å². The summed E-state index contributed by atoms with van der Waals surface area (Å²) >= 11 is 0. The van der Waals surface area contributed by atoms with Crippen LogP contribution in [0.15, 0.2) is 0 Å². The Labute approximate surface area is 128 Å². The zero-order chi connectivity index (χ0) is 16.4. The Bertz CT molecular complexity index is 393. The SMILES string of the molecule is CC1CCCN1C(=O)C(NC(=O)OC(C)(C)C)C(C)(C)C. The van der Waals surface area contributed by atoms with Gasteiger partial charge in [-0.05, 0) is 46.0 Å². The van der Waals surface area contributed by atoms with E-state index in [2.05, 4.69) is 12.2 Å². The van der Waals surface area contributed by atoms with Crippen LogP contribution in [0.5, 0.6) is 0 Å². The third-order valence-electron chi connectivity index (χ3n) is 3.61. The summed E-state index contributed by atoms with van der Waals surface area (Å²) in [5.41, 5.74) is -0.938. The number of hydrogen-bond donors (Lipinski definition) is 1. The molecule has 1 rings (SSSR count). The standard InChI is InChI=1S/C16H30N2O3/c1-11-9-8-10-18(11)13(19)12(15(2,3)4)17-14(20)21-16(5,6)7/h11-12H,8-10H2,1-7H3,(H,17,20). The van der Waals surface area contributed by atoms with E-state index in [1.165, 1.54) is 0 Å². The predicted octanol–water partition coefficient (Wildman–Crippen LogP) is 2.94. The van der Waals surface area contributed by atoms with Gasteiger partial charge in [0.25, 0.3) is 0 Å². The molecule has 122 valence electrons. The Kier molecular flexibility index (Phi) is 5.29. The molecular formula is C16H30N2O3. The lowest BCUT2D eigenvalue weighted by molar-refractivity contribution is -0.136. The van der Waals surface area contributed by atoms with Gasteiger partial charge in [0, 0.05) is 12.6 Å². The van der Waals surface area contributed by atoms with Crippen LogP contribution in [0.4, 0.5) is 4.79 Å². The molecule has 2 atom stereocenters. The molecule has 1 aliphatic rings. The van der Waals surface area contributed by atoms with E-state index >= 15 is 0 Å². The van der Waals surface area contributed by atoms with Crippen molar-refractivity contribution in [2.75, 3.05) is 6.54 Å². The molecule has 0 spiro atoms. The number of likely N-dealkylation sites (tertiary alicyclic amines) is 1. The van der Waals surface area contributed by atoms with Gasteiger partial charge in [-0.2, -0.15) is 0 Å².